The number of benzene rings is 1. The number of ether oxygens (including phenoxy) is 2. The van der Waals surface area contributed by atoms with Crippen LogP contribution in [-0.4, -0.2) is 37.2 Å². The topological polar surface area (TPSA) is 82.0 Å². The molecule has 23 heavy (non-hydrogen) atoms. The van der Waals surface area contributed by atoms with Crippen molar-refractivity contribution in [2.75, 3.05) is 13.7 Å². The largest absolute Gasteiger partial charge is 0.465 e. The summed E-state index contributed by atoms with van der Waals surface area (Å²) < 4.78 is 9.47. The number of ketones is 1. The minimum Gasteiger partial charge on any atom is -0.465 e. The smallest absolute Gasteiger partial charge is 0.360 e. The highest BCUT2D eigenvalue weighted by Gasteiger charge is 2.22. The molecule has 0 aliphatic carbocycles. The van der Waals surface area contributed by atoms with Crippen molar-refractivity contribution in [3.05, 3.63) is 40.4 Å². The van der Waals surface area contributed by atoms with Crippen molar-refractivity contribution in [1.29, 1.82) is 0 Å². The first-order chi connectivity index (χ1) is 10.9. The van der Waals surface area contributed by atoms with Gasteiger partial charge in [-0.1, -0.05) is 30.3 Å². The van der Waals surface area contributed by atoms with E-state index in [0.717, 1.165) is 0 Å². The summed E-state index contributed by atoms with van der Waals surface area (Å²) in [4.78, 5) is 39.4. The summed E-state index contributed by atoms with van der Waals surface area (Å²) in [5.74, 6) is -2.10. The fraction of sp³-hybridized carbons (Fsp3) is 0.250. The van der Waals surface area contributed by atoms with Crippen LogP contribution in [0.15, 0.2) is 39.8 Å². The number of methoxy groups -OCH3 is 1. The normalized spacial score (nSPS) is 12.3. The van der Waals surface area contributed by atoms with Crippen molar-refractivity contribution in [1.82, 2.24) is 0 Å². The van der Waals surface area contributed by atoms with Gasteiger partial charge in [-0.2, -0.15) is 0 Å². The van der Waals surface area contributed by atoms with Gasteiger partial charge in [-0.25, -0.2) is 14.6 Å². The van der Waals surface area contributed by atoms with E-state index in [1.165, 1.54) is 14.0 Å². The number of nitrogens with zero attached hydrogens (tertiary/aromatic N) is 1. The van der Waals surface area contributed by atoms with Gasteiger partial charge in [0, 0.05) is 12.5 Å². The highest BCUT2D eigenvalue weighted by Crippen LogP contribution is 2.25. The zero-order valence-electron chi connectivity index (χ0n) is 13.0. The second kappa shape index (κ2) is 8.99. The van der Waals surface area contributed by atoms with E-state index in [0.29, 0.717) is 5.56 Å². The molecule has 0 amide bonds. The highest BCUT2D eigenvalue weighted by atomic mass is 79.9. The van der Waals surface area contributed by atoms with Gasteiger partial charge in [-0.15, -0.1) is 0 Å². The zero-order valence-corrected chi connectivity index (χ0v) is 14.5. The SMILES string of the molecule is CCOC(=O)C(=N/C(=C(/Br)C(=O)OC)c1ccccc1)C(C)=O. The lowest BCUT2D eigenvalue weighted by Gasteiger charge is -2.08. The molecular formula is C16H16BrNO5. The summed E-state index contributed by atoms with van der Waals surface area (Å²) in [5, 5.41) is 0. The predicted octanol–water partition coefficient (Wildman–Crippen LogP) is 2.52. The van der Waals surface area contributed by atoms with Gasteiger partial charge in [0.25, 0.3) is 0 Å². The van der Waals surface area contributed by atoms with Crippen LogP contribution in [-0.2, 0) is 23.9 Å². The second-order valence-corrected chi connectivity index (χ2v) is 5.05. The van der Waals surface area contributed by atoms with E-state index < -0.39 is 23.4 Å². The third-order valence-corrected chi connectivity index (χ3v) is 3.34. The number of aliphatic imine (C=N–C) groups is 1. The number of rotatable bonds is 6. The lowest BCUT2D eigenvalue weighted by atomic mass is 10.1. The standard InChI is InChI=1S/C16H16BrNO5/c1-4-23-16(21)13(10(2)19)18-14(12(17)15(20)22-3)11-8-6-5-7-9-11/h5-9H,4H2,1-3H3/b14-12+,18-13?. The second-order valence-electron chi connectivity index (χ2n) is 4.26. The van der Waals surface area contributed by atoms with Crippen LogP contribution in [0.1, 0.15) is 19.4 Å². The summed E-state index contributed by atoms with van der Waals surface area (Å²) in [7, 11) is 1.22. The Morgan fingerprint density at radius 1 is 1.13 bits per heavy atom. The Balaban J connectivity index is 3.51. The van der Waals surface area contributed by atoms with Crippen LogP contribution in [0.4, 0.5) is 0 Å². The number of carbonyl (C=O) groups excluding carboxylic acids is 3. The molecule has 0 saturated carbocycles. The summed E-state index contributed by atoms with van der Waals surface area (Å²) in [6, 6.07) is 8.63. The van der Waals surface area contributed by atoms with Gasteiger partial charge >= 0.3 is 11.9 Å². The van der Waals surface area contributed by atoms with E-state index in [4.69, 9.17) is 4.74 Å². The molecule has 0 aliphatic heterocycles. The molecule has 7 heteroatoms. The van der Waals surface area contributed by atoms with Gasteiger partial charge in [-0.05, 0) is 22.9 Å². The minimum absolute atomic E-state index is 0.00533. The Kier molecular flexibility index (Phi) is 7.34. The minimum atomic E-state index is -0.849. The molecule has 122 valence electrons. The van der Waals surface area contributed by atoms with Crippen molar-refractivity contribution >= 4 is 45.1 Å². The van der Waals surface area contributed by atoms with Gasteiger partial charge < -0.3 is 9.47 Å². The predicted molar refractivity (Wildman–Crippen MR) is 89.1 cm³/mol. The fourth-order valence-corrected chi connectivity index (χ4v) is 2.08. The Morgan fingerprint density at radius 2 is 1.74 bits per heavy atom. The molecule has 1 aromatic rings. The number of hydrogen-bond acceptors (Lipinski definition) is 6. The number of esters is 2. The van der Waals surface area contributed by atoms with Crippen molar-refractivity contribution < 1.29 is 23.9 Å². The van der Waals surface area contributed by atoms with Crippen molar-refractivity contribution in [2.45, 2.75) is 13.8 Å². The number of hydrogen-bond donors (Lipinski definition) is 0. The van der Waals surface area contributed by atoms with Crippen LogP contribution >= 0.6 is 15.9 Å². The number of carbonyl (C=O) groups is 3. The first-order valence-electron chi connectivity index (χ1n) is 6.72. The highest BCUT2D eigenvalue weighted by molar-refractivity contribution is 9.12. The molecular weight excluding hydrogens is 366 g/mol. The van der Waals surface area contributed by atoms with Crippen LogP contribution < -0.4 is 0 Å². The maximum atomic E-state index is 11.9. The molecule has 0 N–H and O–H groups in total. The van der Waals surface area contributed by atoms with Crippen LogP contribution in [0.3, 0.4) is 0 Å². The quantitative estimate of drug-likeness (QED) is 0.327. The molecule has 1 rings (SSSR count). The Hall–Kier alpha value is -2.28. The molecule has 0 aromatic heterocycles. The average Bonchev–Trinajstić information content (AvgIpc) is 2.55. The lowest BCUT2D eigenvalue weighted by Crippen LogP contribution is -2.24. The molecule has 0 spiro atoms. The molecule has 0 aliphatic rings. The van der Waals surface area contributed by atoms with E-state index >= 15 is 0 Å². The lowest BCUT2D eigenvalue weighted by molar-refractivity contribution is -0.136. The maximum Gasteiger partial charge on any atom is 0.360 e. The van der Waals surface area contributed by atoms with Crippen LogP contribution in [0, 0.1) is 0 Å². The Labute approximate surface area is 142 Å². The molecule has 0 saturated heterocycles. The van der Waals surface area contributed by atoms with Crippen LogP contribution in [0.2, 0.25) is 0 Å². The van der Waals surface area contributed by atoms with Gasteiger partial charge in [0.2, 0.25) is 0 Å². The van der Waals surface area contributed by atoms with Crippen molar-refractivity contribution in [2.24, 2.45) is 4.99 Å². The fourth-order valence-electron chi connectivity index (χ4n) is 1.60. The van der Waals surface area contributed by atoms with Crippen LogP contribution in [0.5, 0.6) is 0 Å². The van der Waals surface area contributed by atoms with E-state index in [2.05, 4.69) is 25.7 Å². The van der Waals surface area contributed by atoms with Crippen molar-refractivity contribution in [3.8, 4) is 0 Å². The van der Waals surface area contributed by atoms with Gasteiger partial charge in [0.1, 0.15) is 4.48 Å². The van der Waals surface area contributed by atoms with E-state index in [1.807, 2.05) is 0 Å². The van der Waals surface area contributed by atoms with Gasteiger partial charge in [-0.3, -0.25) is 4.79 Å². The summed E-state index contributed by atoms with van der Waals surface area (Å²) in [6.07, 6.45) is 0. The van der Waals surface area contributed by atoms with Crippen molar-refractivity contribution in [3.63, 3.8) is 0 Å². The monoisotopic (exact) mass is 381 g/mol. The van der Waals surface area contributed by atoms with E-state index in [9.17, 15) is 14.4 Å². The molecule has 0 fully saturated rings. The molecule has 0 atom stereocenters. The van der Waals surface area contributed by atoms with Gasteiger partial charge in [0.05, 0.1) is 19.4 Å². The number of Topliss-reactive ketones (excluding diaryl/α,β-unsaturated/α-hetero) is 1. The first-order valence-corrected chi connectivity index (χ1v) is 7.51. The summed E-state index contributed by atoms with van der Waals surface area (Å²) >= 11 is 3.11. The molecule has 0 radical (unpaired) electrons. The molecule has 0 unspecified atom stereocenters. The molecule has 0 heterocycles. The summed E-state index contributed by atoms with van der Waals surface area (Å²) in [5.41, 5.74) is 0.245. The molecule has 0 bridgehead atoms. The molecule has 1 aromatic carbocycles. The summed E-state index contributed by atoms with van der Waals surface area (Å²) in [6.45, 7) is 2.92. The average molecular weight is 382 g/mol. The number of halogens is 1. The van der Waals surface area contributed by atoms with Crippen LogP contribution in [0.25, 0.3) is 5.70 Å². The van der Waals surface area contributed by atoms with E-state index in [1.54, 1.807) is 37.3 Å². The first kappa shape index (κ1) is 18.8. The third kappa shape index (κ3) is 5.14. The Morgan fingerprint density at radius 3 is 2.22 bits per heavy atom. The van der Waals surface area contributed by atoms with Gasteiger partial charge in [0.15, 0.2) is 11.5 Å². The maximum absolute atomic E-state index is 11.9. The Bertz CT molecular complexity index is 664. The zero-order chi connectivity index (χ0) is 17.4. The molecule has 6 nitrogen and oxygen atoms in total. The third-order valence-electron chi connectivity index (χ3n) is 2.65. The van der Waals surface area contributed by atoms with E-state index in [-0.39, 0.29) is 16.8 Å².